The maximum absolute atomic E-state index is 5.75. The van der Waals surface area contributed by atoms with Gasteiger partial charge in [-0.05, 0) is 39.3 Å². The van der Waals surface area contributed by atoms with E-state index < -0.39 is 0 Å². The van der Waals surface area contributed by atoms with Gasteiger partial charge in [-0.3, -0.25) is 0 Å². The van der Waals surface area contributed by atoms with Crippen LogP contribution in [0, 0.1) is 0 Å². The number of nitrogens with zero attached hydrogens (tertiary/aromatic N) is 4. The molecule has 0 saturated carbocycles. The summed E-state index contributed by atoms with van der Waals surface area (Å²) in [7, 11) is 0. The highest BCUT2D eigenvalue weighted by atomic mass is 79.9. The van der Waals surface area contributed by atoms with Gasteiger partial charge in [0.2, 0.25) is 0 Å². The predicted molar refractivity (Wildman–Crippen MR) is 61.5 cm³/mol. The van der Waals surface area contributed by atoms with Gasteiger partial charge in [0.1, 0.15) is 0 Å². The highest BCUT2D eigenvalue weighted by Crippen LogP contribution is 2.20. The van der Waals surface area contributed by atoms with Gasteiger partial charge in [-0.1, -0.05) is 0 Å². The number of aromatic nitrogens is 4. The third kappa shape index (κ3) is 2.42. The van der Waals surface area contributed by atoms with E-state index >= 15 is 0 Å². The van der Waals surface area contributed by atoms with Crippen LogP contribution < -0.4 is 5.73 Å². The molecule has 2 rings (SSSR count). The Balaban J connectivity index is 2.20. The molecule has 1 atom stereocenters. The lowest BCUT2D eigenvalue weighted by Gasteiger charge is -2.04. The Kier molecular flexibility index (Phi) is 3.13. The van der Waals surface area contributed by atoms with Gasteiger partial charge in [0, 0.05) is 14.7 Å². The third-order valence-electron chi connectivity index (χ3n) is 1.89. The van der Waals surface area contributed by atoms with E-state index in [4.69, 9.17) is 5.73 Å². The summed E-state index contributed by atoms with van der Waals surface area (Å²) in [5.74, 6) is 0.708. The highest BCUT2D eigenvalue weighted by molar-refractivity contribution is 9.10. The summed E-state index contributed by atoms with van der Waals surface area (Å²) in [6, 6.07) is 1.90. The summed E-state index contributed by atoms with van der Waals surface area (Å²) in [4.78, 5) is 1.19. The molecule has 15 heavy (non-hydrogen) atoms. The Morgan fingerprint density at radius 1 is 1.67 bits per heavy atom. The average molecular weight is 288 g/mol. The molecule has 2 aromatic heterocycles. The van der Waals surface area contributed by atoms with E-state index in [1.807, 2.05) is 12.3 Å². The van der Waals surface area contributed by atoms with Gasteiger partial charge < -0.3 is 5.73 Å². The fourth-order valence-corrected chi connectivity index (χ4v) is 2.67. The van der Waals surface area contributed by atoms with Crippen LogP contribution in [-0.4, -0.2) is 20.2 Å². The molecule has 5 nitrogen and oxygen atoms in total. The largest absolute Gasteiger partial charge is 0.322 e. The molecule has 0 aromatic carbocycles. The normalized spacial score (nSPS) is 13.0. The molecule has 0 bridgehead atoms. The molecule has 2 heterocycles. The van der Waals surface area contributed by atoms with Gasteiger partial charge in [-0.15, -0.1) is 16.4 Å². The summed E-state index contributed by atoms with van der Waals surface area (Å²) in [5, 5.41) is 13.5. The second-order valence-corrected chi connectivity index (χ2v) is 5.13. The van der Waals surface area contributed by atoms with Crippen molar-refractivity contribution in [2.45, 2.75) is 19.5 Å². The smallest absolute Gasteiger partial charge is 0.168 e. The van der Waals surface area contributed by atoms with Crippen LogP contribution >= 0.6 is 27.3 Å². The van der Waals surface area contributed by atoms with Crippen molar-refractivity contribution >= 4 is 27.3 Å². The number of halogens is 1. The van der Waals surface area contributed by atoms with E-state index in [2.05, 4.69) is 37.5 Å². The fraction of sp³-hybridized carbons (Fsp3) is 0.375. The van der Waals surface area contributed by atoms with Crippen molar-refractivity contribution < 1.29 is 0 Å². The first-order valence-corrected chi connectivity index (χ1v) is 6.08. The number of hydrogen-bond donors (Lipinski definition) is 1. The molecule has 0 fully saturated rings. The molecule has 2 N–H and O–H groups in total. The van der Waals surface area contributed by atoms with Crippen LogP contribution in [0.25, 0.3) is 0 Å². The molecule has 0 aliphatic rings. The second kappa shape index (κ2) is 4.38. The second-order valence-electron chi connectivity index (χ2n) is 3.21. The van der Waals surface area contributed by atoms with E-state index in [1.54, 1.807) is 16.0 Å². The maximum atomic E-state index is 5.75. The summed E-state index contributed by atoms with van der Waals surface area (Å²) in [6.45, 7) is 2.53. The molecule has 0 amide bonds. The molecular weight excluding hydrogens is 278 g/mol. The van der Waals surface area contributed by atoms with Crippen LogP contribution in [0.1, 0.15) is 23.7 Å². The van der Waals surface area contributed by atoms with Gasteiger partial charge in [-0.25, -0.2) is 4.68 Å². The topological polar surface area (TPSA) is 69.6 Å². The van der Waals surface area contributed by atoms with Crippen molar-refractivity contribution in [3.63, 3.8) is 0 Å². The van der Waals surface area contributed by atoms with Crippen LogP contribution in [0.2, 0.25) is 0 Å². The summed E-state index contributed by atoms with van der Waals surface area (Å²) >= 11 is 5.07. The zero-order valence-corrected chi connectivity index (χ0v) is 10.5. The number of rotatable bonds is 3. The molecule has 0 saturated heterocycles. The van der Waals surface area contributed by atoms with Crippen LogP contribution in [-0.2, 0) is 6.54 Å². The van der Waals surface area contributed by atoms with Crippen molar-refractivity contribution in [3.8, 4) is 0 Å². The fourth-order valence-electron chi connectivity index (χ4n) is 1.23. The van der Waals surface area contributed by atoms with E-state index in [-0.39, 0.29) is 6.04 Å². The first kappa shape index (κ1) is 10.7. The summed E-state index contributed by atoms with van der Waals surface area (Å²) < 4.78 is 2.81. The predicted octanol–water partition coefficient (Wildman–Crippen LogP) is 1.57. The molecule has 0 aliphatic carbocycles. The van der Waals surface area contributed by atoms with Crippen molar-refractivity contribution in [3.05, 3.63) is 26.6 Å². The Bertz CT molecular complexity index is 449. The molecule has 2 aromatic rings. The minimum absolute atomic E-state index is 0.150. The molecule has 0 radical (unpaired) electrons. The van der Waals surface area contributed by atoms with Crippen molar-refractivity contribution in [1.29, 1.82) is 0 Å². The van der Waals surface area contributed by atoms with Crippen molar-refractivity contribution in [2.75, 3.05) is 0 Å². The van der Waals surface area contributed by atoms with E-state index in [0.29, 0.717) is 12.4 Å². The van der Waals surface area contributed by atoms with Gasteiger partial charge >= 0.3 is 0 Å². The van der Waals surface area contributed by atoms with Crippen molar-refractivity contribution in [2.24, 2.45) is 5.73 Å². The zero-order valence-electron chi connectivity index (χ0n) is 8.09. The summed E-state index contributed by atoms with van der Waals surface area (Å²) in [6.07, 6.45) is 0. The van der Waals surface area contributed by atoms with Crippen LogP contribution in [0.15, 0.2) is 15.9 Å². The van der Waals surface area contributed by atoms with E-state index in [1.165, 1.54) is 4.88 Å². The minimum Gasteiger partial charge on any atom is -0.322 e. The van der Waals surface area contributed by atoms with Gasteiger partial charge in [0.25, 0.3) is 0 Å². The first-order chi connectivity index (χ1) is 7.16. The third-order valence-corrected chi connectivity index (χ3v) is 3.58. The number of nitrogens with two attached hydrogens (primary N) is 1. The molecule has 0 aliphatic heterocycles. The summed E-state index contributed by atoms with van der Waals surface area (Å²) in [5.41, 5.74) is 5.75. The number of tetrazole rings is 1. The average Bonchev–Trinajstić information content (AvgIpc) is 2.75. The van der Waals surface area contributed by atoms with E-state index in [9.17, 15) is 0 Å². The Labute approximate surface area is 99.4 Å². The lowest BCUT2D eigenvalue weighted by atomic mass is 10.3. The first-order valence-electron chi connectivity index (χ1n) is 4.41. The van der Waals surface area contributed by atoms with E-state index in [0.717, 1.165) is 4.47 Å². The Hall–Kier alpha value is -0.790. The quantitative estimate of drug-likeness (QED) is 0.930. The molecule has 80 valence electrons. The van der Waals surface area contributed by atoms with Gasteiger partial charge in [0.15, 0.2) is 5.82 Å². The van der Waals surface area contributed by atoms with Gasteiger partial charge in [-0.2, -0.15) is 0 Å². The minimum atomic E-state index is -0.150. The monoisotopic (exact) mass is 287 g/mol. The molecular formula is C8H10BrN5S. The standard InChI is InChI=1S/C8H10BrN5S/c1-5(10)8-11-12-13-14(8)3-7-2-6(9)4-15-7/h2,4-5H,3,10H2,1H3. The number of thiophene rings is 1. The number of hydrogen-bond acceptors (Lipinski definition) is 5. The molecule has 0 spiro atoms. The lowest BCUT2D eigenvalue weighted by Crippen LogP contribution is -2.14. The molecule has 1 unspecified atom stereocenters. The van der Waals surface area contributed by atoms with Crippen LogP contribution in [0.3, 0.4) is 0 Å². The maximum Gasteiger partial charge on any atom is 0.168 e. The Morgan fingerprint density at radius 3 is 3.07 bits per heavy atom. The van der Waals surface area contributed by atoms with Crippen molar-refractivity contribution in [1.82, 2.24) is 20.2 Å². The van der Waals surface area contributed by atoms with Crippen LogP contribution in [0.4, 0.5) is 0 Å². The lowest BCUT2D eigenvalue weighted by molar-refractivity contribution is 0.592. The highest BCUT2D eigenvalue weighted by Gasteiger charge is 2.11. The molecule has 7 heteroatoms. The zero-order chi connectivity index (χ0) is 10.8. The van der Waals surface area contributed by atoms with Crippen LogP contribution in [0.5, 0.6) is 0 Å². The van der Waals surface area contributed by atoms with Gasteiger partial charge in [0.05, 0.1) is 12.6 Å². The Morgan fingerprint density at radius 2 is 2.47 bits per heavy atom. The SMILES string of the molecule is CC(N)c1nnnn1Cc1cc(Br)cs1.